The summed E-state index contributed by atoms with van der Waals surface area (Å²) in [5.74, 6) is -1.99. The second kappa shape index (κ2) is 9.89. The normalized spacial score (nSPS) is 14.6. The van der Waals surface area contributed by atoms with Crippen LogP contribution in [0.5, 0.6) is 0 Å². The number of fused-ring (bicyclic) bond motifs is 2. The minimum atomic E-state index is -1.01. The molecule has 0 saturated heterocycles. The lowest BCUT2D eigenvalue weighted by molar-refractivity contribution is -0.123. The first kappa shape index (κ1) is 24.6. The van der Waals surface area contributed by atoms with Gasteiger partial charge >= 0.3 is 0 Å². The van der Waals surface area contributed by atoms with Crippen LogP contribution in [-0.4, -0.2) is 46.8 Å². The molecule has 0 aliphatic carbocycles. The Morgan fingerprint density at radius 2 is 2.05 bits per heavy atom. The van der Waals surface area contributed by atoms with Gasteiger partial charge in [0.2, 0.25) is 11.7 Å². The van der Waals surface area contributed by atoms with Crippen LogP contribution in [0.25, 0.3) is 10.1 Å². The highest BCUT2D eigenvalue weighted by Gasteiger charge is 2.36. The molecule has 0 spiro atoms. The molecule has 12 nitrogen and oxygen atoms in total. The maximum atomic E-state index is 14.2. The molecule has 1 unspecified atom stereocenters. The quantitative estimate of drug-likeness (QED) is 0.246. The molecule has 0 saturated carbocycles. The van der Waals surface area contributed by atoms with Gasteiger partial charge in [0, 0.05) is 16.0 Å². The van der Waals surface area contributed by atoms with E-state index in [1.165, 1.54) is 40.6 Å². The Bertz CT molecular complexity index is 1750. The molecule has 3 amide bonds. The van der Waals surface area contributed by atoms with Crippen LogP contribution in [0.4, 0.5) is 10.2 Å². The fourth-order valence-corrected chi connectivity index (χ4v) is 5.34. The maximum absolute atomic E-state index is 14.2. The molecule has 0 radical (unpaired) electrons. The molecule has 4 heterocycles. The van der Waals surface area contributed by atoms with Crippen molar-refractivity contribution in [3.05, 3.63) is 88.2 Å². The number of nitrogens with zero attached hydrogens (tertiary/aromatic N) is 5. The average molecular weight is 566 g/mol. The number of hydrogen-bond acceptors (Lipinski definition) is 8. The van der Waals surface area contributed by atoms with Crippen LogP contribution >= 0.6 is 23.1 Å². The molecule has 1 aliphatic heterocycles. The van der Waals surface area contributed by atoms with E-state index in [9.17, 15) is 18.8 Å². The van der Waals surface area contributed by atoms with Crippen molar-refractivity contribution >= 4 is 56.8 Å². The third-order valence-corrected chi connectivity index (χ3v) is 7.24. The van der Waals surface area contributed by atoms with Gasteiger partial charge in [0.25, 0.3) is 11.8 Å². The molecule has 15 heteroatoms. The average Bonchev–Trinajstić information content (AvgIpc) is 3.67. The number of aromatic nitrogens is 6. The largest absolute Gasteiger partial charge is 0.342 e. The number of amides is 3. The predicted molar refractivity (Wildman–Crippen MR) is 139 cm³/mol. The zero-order valence-corrected chi connectivity index (χ0v) is 21.3. The van der Waals surface area contributed by atoms with Crippen LogP contribution in [-0.2, 0) is 17.9 Å². The van der Waals surface area contributed by atoms with E-state index in [0.29, 0.717) is 11.2 Å². The Morgan fingerprint density at radius 3 is 2.87 bits per heavy atom. The first-order valence-electron chi connectivity index (χ1n) is 11.5. The molecule has 1 aliphatic rings. The van der Waals surface area contributed by atoms with Gasteiger partial charge in [-0.15, -0.1) is 0 Å². The monoisotopic (exact) mass is 565 g/mol. The highest BCUT2D eigenvalue weighted by Crippen LogP contribution is 2.36. The molecule has 3 aromatic heterocycles. The Labute approximate surface area is 227 Å². The first-order valence-corrected chi connectivity index (χ1v) is 12.7. The van der Waals surface area contributed by atoms with E-state index in [0.717, 1.165) is 4.70 Å². The first-order chi connectivity index (χ1) is 18.9. The maximum Gasteiger partial charge on any atom is 0.287 e. The zero-order chi connectivity index (χ0) is 27.1. The summed E-state index contributed by atoms with van der Waals surface area (Å²) in [6, 6.07) is 9.96. The number of imidazole rings is 1. The molecular formula is C24H17ClFN9O3S. The van der Waals surface area contributed by atoms with E-state index in [1.807, 2.05) is 12.1 Å². The Kier molecular flexibility index (Phi) is 6.24. The number of rotatable bonds is 6. The van der Waals surface area contributed by atoms with E-state index >= 15 is 0 Å². The van der Waals surface area contributed by atoms with Crippen molar-refractivity contribution in [1.29, 1.82) is 0 Å². The van der Waals surface area contributed by atoms with E-state index in [1.54, 1.807) is 12.1 Å². The van der Waals surface area contributed by atoms with Gasteiger partial charge in [0.15, 0.2) is 5.82 Å². The van der Waals surface area contributed by atoms with Crippen LogP contribution in [0.15, 0.2) is 48.8 Å². The smallest absolute Gasteiger partial charge is 0.287 e. The minimum Gasteiger partial charge on any atom is -0.342 e. The molecule has 0 bridgehead atoms. The fourth-order valence-electron chi connectivity index (χ4n) is 4.34. The summed E-state index contributed by atoms with van der Waals surface area (Å²) in [6.45, 7) is -0.259. The summed E-state index contributed by atoms with van der Waals surface area (Å²) in [5.41, 5.74) is 0.655. The minimum absolute atomic E-state index is 0.00720. The van der Waals surface area contributed by atoms with Gasteiger partial charge in [0.05, 0.1) is 23.0 Å². The lowest BCUT2D eigenvalue weighted by Gasteiger charge is -2.28. The van der Waals surface area contributed by atoms with Crippen LogP contribution < -0.4 is 16.0 Å². The predicted octanol–water partition coefficient (Wildman–Crippen LogP) is 2.80. The van der Waals surface area contributed by atoms with Crippen molar-refractivity contribution in [2.45, 2.75) is 19.1 Å². The Hall–Kier alpha value is -4.69. The lowest BCUT2D eigenvalue weighted by Crippen LogP contribution is -2.41. The topological polar surface area (TPSA) is 160 Å². The highest BCUT2D eigenvalue weighted by molar-refractivity contribution is 7.13. The standard InChI is InChI=1S/C24H17ClFN9O3S/c25-14-6-5-11(26)7-13(14)18-20-21(32-23(37)19-12-3-1-2-4-15(12)39-34-19)31-22(35(20)9-17(36)30-18)24(38)27-8-16-28-10-29-33-16/h1-7,10,18H,8-9H2,(H,27,38)(H,30,36)(H,32,37)(H,28,29,33). The van der Waals surface area contributed by atoms with Crippen LogP contribution in [0.2, 0.25) is 5.02 Å². The van der Waals surface area contributed by atoms with Gasteiger partial charge in [-0.2, -0.15) is 9.47 Å². The number of hydrogen-bond donors (Lipinski definition) is 4. The Morgan fingerprint density at radius 1 is 1.21 bits per heavy atom. The van der Waals surface area contributed by atoms with Gasteiger partial charge < -0.3 is 20.5 Å². The number of aromatic amines is 1. The van der Waals surface area contributed by atoms with Gasteiger partial charge in [0.1, 0.15) is 30.2 Å². The summed E-state index contributed by atoms with van der Waals surface area (Å²) in [4.78, 5) is 47.7. The van der Waals surface area contributed by atoms with E-state index in [4.69, 9.17) is 11.6 Å². The van der Waals surface area contributed by atoms with Crippen molar-refractivity contribution in [3.63, 3.8) is 0 Å². The zero-order valence-electron chi connectivity index (χ0n) is 19.7. The summed E-state index contributed by atoms with van der Waals surface area (Å²) in [6.07, 6.45) is 1.30. The molecular weight excluding hydrogens is 549 g/mol. The SMILES string of the molecule is O=C1Cn2c(C(=O)NCc3ncn[nH]3)nc(NC(=O)c3nsc4ccccc34)c2C(c2cc(F)ccc2Cl)N1. The highest BCUT2D eigenvalue weighted by atomic mass is 35.5. The number of carbonyl (C=O) groups excluding carboxylic acids is 3. The summed E-state index contributed by atoms with van der Waals surface area (Å²) in [7, 11) is 0. The molecule has 5 aromatic rings. The van der Waals surface area contributed by atoms with Crippen molar-refractivity contribution in [2.24, 2.45) is 0 Å². The van der Waals surface area contributed by atoms with Gasteiger partial charge in [-0.3, -0.25) is 19.5 Å². The van der Waals surface area contributed by atoms with Gasteiger partial charge in [-0.05, 0) is 35.8 Å². The molecule has 0 fully saturated rings. The number of halogens is 2. The van der Waals surface area contributed by atoms with Crippen molar-refractivity contribution in [3.8, 4) is 0 Å². The van der Waals surface area contributed by atoms with Crippen LogP contribution in [0.3, 0.4) is 0 Å². The van der Waals surface area contributed by atoms with E-state index in [-0.39, 0.29) is 46.7 Å². The number of carbonyl (C=O) groups is 3. The number of anilines is 1. The van der Waals surface area contributed by atoms with Crippen molar-refractivity contribution < 1.29 is 18.8 Å². The molecule has 6 rings (SSSR count). The van der Waals surface area contributed by atoms with Crippen molar-refractivity contribution in [1.82, 2.24) is 39.7 Å². The molecule has 1 atom stereocenters. The summed E-state index contributed by atoms with van der Waals surface area (Å²) in [5, 5.41) is 15.4. The van der Waals surface area contributed by atoms with Gasteiger partial charge in [-0.25, -0.2) is 14.4 Å². The third kappa shape index (κ3) is 4.59. The lowest BCUT2D eigenvalue weighted by atomic mass is 10.0. The van der Waals surface area contributed by atoms with E-state index in [2.05, 4.69) is 40.5 Å². The van der Waals surface area contributed by atoms with Gasteiger partial charge in [-0.1, -0.05) is 29.8 Å². The molecule has 39 heavy (non-hydrogen) atoms. The van der Waals surface area contributed by atoms with E-state index < -0.39 is 29.6 Å². The van der Waals surface area contributed by atoms with Crippen LogP contribution in [0, 0.1) is 5.82 Å². The third-order valence-electron chi connectivity index (χ3n) is 6.07. The summed E-state index contributed by atoms with van der Waals surface area (Å²) < 4.78 is 20.7. The second-order valence-electron chi connectivity index (χ2n) is 8.52. The molecule has 2 aromatic carbocycles. The molecule has 196 valence electrons. The molecule has 4 N–H and O–H groups in total. The summed E-state index contributed by atoms with van der Waals surface area (Å²) >= 11 is 7.55. The van der Waals surface area contributed by atoms with Crippen molar-refractivity contribution in [2.75, 3.05) is 5.32 Å². The Balaban J connectivity index is 1.43. The second-order valence-corrected chi connectivity index (χ2v) is 9.73. The fraction of sp³-hybridized carbons (Fsp3) is 0.125. The number of nitrogens with one attached hydrogen (secondary N) is 4. The number of benzene rings is 2. The van der Waals surface area contributed by atoms with Crippen LogP contribution in [0.1, 0.15) is 44.2 Å². The number of H-pyrrole nitrogens is 1.